The smallest absolute Gasteiger partial charge is 0.323 e. The van der Waals surface area contributed by atoms with Gasteiger partial charge in [-0.1, -0.05) is 6.07 Å². The van der Waals surface area contributed by atoms with Gasteiger partial charge in [-0.2, -0.15) is 0 Å². The number of aromatic amines is 2. The molecule has 1 amide bonds. The molecule has 146 valence electrons. The van der Waals surface area contributed by atoms with Crippen molar-refractivity contribution in [1.29, 1.82) is 0 Å². The highest BCUT2D eigenvalue weighted by Gasteiger charge is 2.13. The van der Waals surface area contributed by atoms with Crippen LogP contribution in [0.5, 0.6) is 5.75 Å². The fourth-order valence-corrected chi connectivity index (χ4v) is 3.26. The highest BCUT2D eigenvalue weighted by atomic mass is 16.5. The van der Waals surface area contributed by atoms with Crippen LogP contribution < -0.4 is 15.7 Å². The normalized spacial score (nSPS) is 10.8. The van der Waals surface area contributed by atoms with Crippen LogP contribution in [0.4, 0.5) is 5.69 Å². The maximum absolute atomic E-state index is 12.7. The predicted molar refractivity (Wildman–Crippen MR) is 111 cm³/mol. The first-order valence-corrected chi connectivity index (χ1v) is 9.16. The number of hydrogen-bond acceptors (Lipinski definition) is 4. The van der Waals surface area contributed by atoms with Crippen LogP contribution in [0.1, 0.15) is 27.0 Å². The van der Waals surface area contributed by atoms with Crippen LogP contribution in [0.2, 0.25) is 0 Å². The molecule has 2 aromatic heterocycles. The number of carbonyl (C=O) groups is 1. The van der Waals surface area contributed by atoms with Gasteiger partial charge in [0.2, 0.25) is 0 Å². The molecule has 7 heteroatoms. The van der Waals surface area contributed by atoms with Crippen LogP contribution in [0.15, 0.2) is 59.7 Å². The molecule has 29 heavy (non-hydrogen) atoms. The standard InChI is InChI=1S/C22H20N4O3/c1-13-8-16(9-14(2)20(13)29-12-15-4-3-7-23-11-15)21(27)24-17-5-6-18-19(10-17)26-22(28)25-18/h3-11H,12H2,1-2H3,(H,24,27)(H2,25,26,28). The largest absolute Gasteiger partial charge is 0.488 e. The van der Waals surface area contributed by atoms with Crippen molar-refractivity contribution in [2.75, 3.05) is 5.32 Å². The van der Waals surface area contributed by atoms with E-state index in [9.17, 15) is 9.59 Å². The fourth-order valence-electron chi connectivity index (χ4n) is 3.26. The summed E-state index contributed by atoms with van der Waals surface area (Å²) >= 11 is 0. The monoisotopic (exact) mass is 388 g/mol. The zero-order chi connectivity index (χ0) is 20.4. The molecule has 7 nitrogen and oxygen atoms in total. The first-order chi connectivity index (χ1) is 14.0. The third-order valence-electron chi connectivity index (χ3n) is 4.60. The molecule has 0 atom stereocenters. The molecular weight excluding hydrogens is 368 g/mol. The van der Waals surface area contributed by atoms with Crippen LogP contribution in [0.3, 0.4) is 0 Å². The Hall–Kier alpha value is -3.87. The van der Waals surface area contributed by atoms with Gasteiger partial charge in [0.1, 0.15) is 12.4 Å². The molecule has 2 heterocycles. The van der Waals surface area contributed by atoms with E-state index in [1.807, 2.05) is 26.0 Å². The number of hydrogen-bond donors (Lipinski definition) is 3. The Balaban J connectivity index is 1.51. The summed E-state index contributed by atoms with van der Waals surface area (Å²) in [6.07, 6.45) is 3.49. The second-order valence-electron chi connectivity index (χ2n) is 6.88. The number of imidazole rings is 1. The van der Waals surface area contributed by atoms with Crippen molar-refractivity contribution in [3.63, 3.8) is 0 Å². The molecule has 0 unspecified atom stereocenters. The third-order valence-corrected chi connectivity index (χ3v) is 4.60. The second-order valence-corrected chi connectivity index (χ2v) is 6.88. The average Bonchev–Trinajstić information content (AvgIpc) is 3.07. The molecule has 0 spiro atoms. The van der Waals surface area contributed by atoms with E-state index in [-0.39, 0.29) is 11.6 Å². The summed E-state index contributed by atoms with van der Waals surface area (Å²) < 4.78 is 5.95. The number of H-pyrrole nitrogens is 2. The molecule has 4 rings (SSSR count). The Labute approximate surface area is 166 Å². The molecule has 0 fully saturated rings. The van der Waals surface area contributed by atoms with Gasteiger partial charge in [-0.25, -0.2) is 4.79 Å². The number of anilines is 1. The molecular formula is C22H20N4O3. The van der Waals surface area contributed by atoms with Gasteiger partial charge in [0.25, 0.3) is 5.91 Å². The van der Waals surface area contributed by atoms with Gasteiger partial charge in [0.05, 0.1) is 11.0 Å². The van der Waals surface area contributed by atoms with E-state index in [1.165, 1.54) is 0 Å². The quantitative estimate of drug-likeness (QED) is 0.485. The topological polar surface area (TPSA) is 99.9 Å². The summed E-state index contributed by atoms with van der Waals surface area (Å²) in [5.41, 5.74) is 4.92. The van der Waals surface area contributed by atoms with Crippen LogP contribution in [-0.2, 0) is 6.61 Å². The van der Waals surface area contributed by atoms with Crippen molar-refractivity contribution >= 4 is 22.6 Å². The SMILES string of the molecule is Cc1cc(C(=O)Nc2ccc3[nH]c(=O)[nH]c3c2)cc(C)c1OCc1cccnc1. The van der Waals surface area contributed by atoms with Gasteiger partial charge in [-0.15, -0.1) is 0 Å². The highest BCUT2D eigenvalue weighted by molar-refractivity contribution is 6.05. The summed E-state index contributed by atoms with van der Waals surface area (Å²) in [7, 11) is 0. The second kappa shape index (κ2) is 7.63. The number of amides is 1. The first kappa shape index (κ1) is 18.5. The Bertz CT molecular complexity index is 1220. The molecule has 0 aliphatic rings. The van der Waals surface area contributed by atoms with Gasteiger partial charge in [0.15, 0.2) is 0 Å². The van der Waals surface area contributed by atoms with Crippen LogP contribution >= 0.6 is 0 Å². The Morgan fingerprint density at radius 3 is 2.55 bits per heavy atom. The molecule has 4 aromatic rings. The zero-order valence-electron chi connectivity index (χ0n) is 16.1. The van der Waals surface area contributed by atoms with Crippen LogP contribution in [0.25, 0.3) is 11.0 Å². The van der Waals surface area contributed by atoms with Gasteiger partial charge >= 0.3 is 5.69 Å². The lowest BCUT2D eigenvalue weighted by molar-refractivity contribution is 0.102. The molecule has 0 saturated heterocycles. The van der Waals surface area contributed by atoms with E-state index in [2.05, 4.69) is 20.3 Å². The van der Waals surface area contributed by atoms with E-state index >= 15 is 0 Å². The minimum atomic E-state index is -0.281. The highest BCUT2D eigenvalue weighted by Crippen LogP contribution is 2.26. The summed E-state index contributed by atoms with van der Waals surface area (Å²) in [5, 5.41) is 2.87. The van der Waals surface area contributed by atoms with Gasteiger partial charge in [0, 0.05) is 29.2 Å². The number of benzene rings is 2. The molecule has 3 N–H and O–H groups in total. The third kappa shape index (κ3) is 4.03. The number of fused-ring (bicyclic) bond motifs is 1. The average molecular weight is 388 g/mol. The number of pyridine rings is 1. The number of ether oxygens (including phenoxy) is 1. The van der Waals surface area contributed by atoms with Crippen molar-refractivity contribution in [3.8, 4) is 5.75 Å². The minimum absolute atomic E-state index is 0.229. The minimum Gasteiger partial charge on any atom is -0.488 e. The number of aromatic nitrogens is 3. The lowest BCUT2D eigenvalue weighted by atomic mass is 10.0. The zero-order valence-corrected chi connectivity index (χ0v) is 16.1. The summed E-state index contributed by atoms with van der Waals surface area (Å²) in [6, 6.07) is 12.6. The number of carbonyl (C=O) groups excluding carboxylic acids is 1. The van der Waals surface area contributed by atoms with E-state index < -0.39 is 0 Å². The van der Waals surface area contributed by atoms with E-state index in [1.54, 1.807) is 42.7 Å². The van der Waals surface area contributed by atoms with E-state index in [4.69, 9.17) is 4.74 Å². The molecule has 0 radical (unpaired) electrons. The van der Waals surface area contributed by atoms with Gasteiger partial charge in [-0.3, -0.25) is 9.78 Å². The lowest BCUT2D eigenvalue weighted by Gasteiger charge is -2.14. The van der Waals surface area contributed by atoms with E-state index in [0.29, 0.717) is 28.9 Å². The van der Waals surface area contributed by atoms with E-state index in [0.717, 1.165) is 22.4 Å². The van der Waals surface area contributed by atoms with Gasteiger partial charge < -0.3 is 20.0 Å². The van der Waals surface area contributed by atoms with Crippen LogP contribution in [0, 0.1) is 13.8 Å². The molecule has 0 aliphatic carbocycles. The maximum Gasteiger partial charge on any atom is 0.323 e. The Morgan fingerprint density at radius 2 is 1.83 bits per heavy atom. The molecule has 2 aromatic carbocycles. The fraction of sp³-hybridized carbons (Fsp3) is 0.136. The van der Waals surface area contributed by atoms with Crippen molar-refractivity contribution in [1.82, 2.24) is 15.0 Å². The molecule has 0 bridgehead atoms. The number of rotatable bonds is 5. The van der Waals surface area contributed by atoms with Crippen LogP contribution in [-0.4, -0.2) is 20.9 Å². The summed E-state index contributed by atoms with van der Waals surface area (Å²) in [6.45, 7) is 4.24. The Morgan fingerprint density at radius 1 is 1.07 bits per heavy atom. The van der Waals surface area contributed by atoms with Gasteiger partial charge in [-0.05, 0) is 61.4 Å². The summed E-state index contributed by atoms with van der Waals surface area (Å²) in [5.74, 6) is 0.531. The summed E-state index contributed by atoms with van der Waals surface area (Å²) in [4.78, 5) is 33.5. The van der Waals surface area contributed by atoms with Crippen molar-refractivity contribution in [2.24, 2.45) is 0 Å². The number of aryl methyl sites for hydroxylation is 2. The first-order valence-electron chi connectivity index (χ1n) is 9.16. The molecule has 0 saturated carbocycles. The number of nitrogens with zero attached hydrogens (tertiary/aromatic N) is 1. The predicted octanol–water partition coefficient (Wildman–Crippen LogP) is 3.70. The number of nitrogens with one attached hydrogen (secondary N) is 3. The Kier molecular flexibility index (Phi) is 4.87. The maximum atomic E-state index is 12.7. The van der Waals surface area contributed by atoms with Crippen molar-refractivity contribution < 1.29 is 9.53 Å². The lowest BCUT2D eigenvalue weighted by Crippen LogP contribution is -2.13. The molecule has 0 aliphatic heterocycles. The van der Waals surface area contributed by atoms with Crippen molar-refractivity contribution in [2.45, 2.75) is 20.5 Å². The van der Waals surface area contributed by atoms with Crippen molar-refractivity contribution in [3.05, 3.63) is 87.6 Å².